The van der Waals surface area contributed by atoms with Crippen molar-refractivity contribution in [2.24, 2.45) is 0 Å². The summed E-state index contributed by atoms with van der Waals surface area (Å²) in [6.45, 7) is 3.86. The molecule has 0 radical (unpaired) electrons. The first kappa shape index (κ1) is 13.1. The summed E-state index contributed by atoms with van der Waals surface area (Å²) in [5.74, 6) is 0.678. The van der Waals surface area contributed by atoms with Crippen LogP contribution in [0.2, 0.25) is 0 Å². The molecule has 1 N–H and O–H groups in total. The molecule has 2 rings (SSSR count). The zero-order valence-electron chi connectivity index (χ0n) is 11.1. The first-order valence-corrected chi connectivity index (χ1v) is 5.89. The average molecular weight is 261 g/mol. The van der Waals surface area contributed by atoms with Crippen LogP contribution in [0.1, 0.15) is 23.1 Å². The van der Waals surface area contributed by atoms with Gasteiger partial charge in [0.1, 0.15) is 5.82 Å². The first-order chi connectivity index (χ1) is 9.15. The topological polar surface area (TPSA) is 77.1 Å². The van der Waals surface area contributed by atoms with Crippen LogP contribution in [0.15, 0.2) is 18.3 Å². The van der Waals surface area contributed by atoms with E-state index in [0.717, 1.165) is 5.56 Å². The molecular formula is C13H15N3O3. The Labute approximate surface area is 110 Å². The Morgan fingerprint density at radius 3 is 2.79 bits per heavy atom. The number of carbonyl (C=O) groups is 1. The van der Waals surface area contributed by atoms with Crippen molar-refractivity contribution in [3.8, 4) is 17.3 Å². The van der Waals surface area contributed by atoms with E-state index >= 15 is 0 Å². The van der Waals surface area contributed by atoms with Crippen molar-refractivity contribution in [3.05, 3.63) is 29.7 Å². The summed E-state index contributed by atoms with van der Waals surface area (Å²) in [6, 6.07) is 3.55. The van der Waals surface area contributed by atoms with Crippen molar-refractivity contribution in [2.75, 3.05) is 13.7 Å². The van der Waals surface area contributed by atoms with E-state index in [1.807, 2.05) is 6.07 Å². The lowest BCUT2D eigenvalue weighted by Crippen LogP contribution is -2.06. The molecule has 2 heterocycles. The highest BCUT2D eigenvalue weighted by Gasteiger charge is 2.16. The van der Waals surface area contributed by atoms with Crippen LogP contribution in [-0.4, -0.2) is 34.6 Å². The molecule has 0 amide bonds. The number of methoxy groups -OCH3 is 1. The number of nitrogens with one attached hydrogen (secondary N) is 1. The van der Waals surface area contributed by atoms with Gasteiger partial charge >= 0.3 is 5.97 Å². The van der Waals surface area contributed by atoms with E-state index < -0.39 is 5.97 Å². The van der Waals surface area contributed by atoms with Gasteiger partial charge in [0.25, 0.3) is 0 Å². The van der Waals surface area contributed by atoms with E-state index in [4.69, 9.17) is 9.47 Å². The van der Waals surface area contributed by atoms with Gasteiger partial charge < -0.3 is 14.5 Å². The van der Waals surface area contributed by atoms with E-state index in [0.29, 0.717) is 29.7 Å². The number of rotatable bonds is 4. The van der Waals surface area contributed by atoms with Crippen LogP contribution in [0.5, 0.6) is 5.88 Å². The normalized spacial score (nSPS) is 10.3. The minimum Gasteiger partial charge on any atom is -0.481 e. The second-order valence-corrected chi connectivity index (χ2v) is 3.87. The lowest BCUT2D eigenvalue weighted by atomic mass is 10.3. The van der Waals surface area contributed by atoms with Gasteiger partial charge in [-0.3, -0.25) is 0 Å². The molecule has 0 saturated heterocycles. The molecule has 100 valence electrons. The molecule has 6 nitrogen and oxygen atoms in total. The lowest BCUT2D eigenvalue weighted by Gasteiger charge is -1.99. The molecule has 2 aromatic rings. The SMILES string of the molecule is CCOC(=O)c1nc(-c2ccc(OC)nc2)[nH]c1C. The number of aromatic amines is 1. The van der Waals surface area contributed by atoms with Crippen molar-refractivity contribution in [3.63, 3.8) is 0 Å². The van der Waals surface area contributed by atoms with E-state index in [2.05, 4.69) is 15.0 Å². The number of aromatic nitrogens is 3. The van der Waals surface area contributed by atoms with Gasteiger partial charge in [0.15, 0.2) is 5.69 Å². The van der Waals surface area contributed by atoms with Crippen molar-refractivity contribution in [1.82, 2.24) is 15.0 Å². The minimum absolute atomic E-state index is 0.299. The Hall–Kier alpha value is -2.37. The van der Waals surface area contributed by atoms with Crippen molar-refractivity contribution in [1.29, 1.82) is 0 Å². The van der Waals surface area contributed by atoms with Crippen molar-refractivity contribution >= 4 is 5.97 Å². The van der Waals surface area contributed by atoms with Crippen LogP contribution in [0.25, 0.3) is 11.4 Å². The number of pyridine rings is 1. The molecule has 0 bridgehead atoms. The highest BCUT2D eigenvalue weighted by molar-refractivity contribution is 5.89. The maximum Gasteiger partial charge on any atom is 0.358 e. The fourth-order valence-corrected chi connectivity index (χ4v) is 1.64. The third-order valence-corrected chi connectivity index (χ3v) is 2.57. The number of hydrogen-bond donors (Lipinski definition) is 1. The minimum atomic E-state index is -0.427. The van der Waals surface area contributed by atoms with Gasteiger partial charge in [-0.2, -0.15) is 0 Å². The van der Waals surface area contributed by atoms with Gasteiger partial charge in [0, 0.05) is 23.5 Å². The average Bonchev–Trinajstić information content (AvgIpc) is 2.81. The number of imidazole rings is 1. The summed E-state index contributed by atoms with van der Waals surface area (Å²) in [4.78, 5) is 23.1. The zero-order valence-corrected chi connectivity index (χ0v) is 11.1. The monoisotopic (exact) mass is 261 g/mol. The summed E-state index contributed by atoms with van der Waals surface area (Å²) >= 11 is 0. The summed E-state index contributed by atoms with van der Waals surface area (Å²) in [6.07, 6.45) is 1.63. The number of carbonyl (C=O) groups excluding carboxylic acids is 1. The second kappa shape index (κ2) is 5.51. The van der Waals surface area contributed by atoms with Crippen molar-refractivity contribution < 1.29 is 14.3 Å². The Balaban J connectivity index is 2.30. The van der Waals surface area contributed by atoms with Gasteiger partial charge in [-0.25, -0.2) is 14.8 Å². The molecule has 2 aromatic heterocycles. The van der Waals surface area contributed by atoms with E-state index in [1.54, 1.807) is 33.2 Å². The number of nitrogens with zero attached hydrogens (tertiary/aromatic N) is 2. The number of hydrogen-bond acceptors (Lipinski definition) is 5. The second-order valence-electron chi connectivity index (χ2n) is 3.87. The van der Waals surface area contributed by atoms with Crippen LogP contribution in [0.3, 0.4) is 0 Å². The molecule has 0 saturated carbocycles. The van der Waals surface area contributed by atoms with E-state index in [9.17, 15) is 4.79 Å². The Morgan fingerprint density at radius 2 is 2.21 bits per heavy atom. The molecule has 0 aliphatic carbocycles. The maximum absolute atomic E-state index is 11.7. The van der Waals surface area contributed by atoms with Gasteiger partial charge in [-0.05, 0) is 19.9 Å². The molecule has 19 heavy (non-hydrogen) atoms. The lowest BCUT2D eigenvalue weighted by molar-refractivity contribution is 0.0519. The van der Waals surface area contributed by atoms with Crippen LogP contribution in [0.4, 0.5) is 0 Å². The molecule has 0 spiro atoms. The predicted molar refractivity (Wildman–Crippen MR) is 69.1 cm³/mol. The van der Waals surface area contributed by atoms with Gasteiger partial charge in [-0.1, -0.05) is 0 Å². The van der Waals surface area contributed by atoms with Gasteiger partial charge in [0.05, 0.1) is 13.7 Å². The van der Waals surface area contributed by atoms with Crippen LogP contribution in [-0.2, 0) is 4.74 Å². The molecule has 0 unspecified atom stereocenters. The molecular weight excluding hydrogens is 246 g/mol. The van der Waals surface area contributed by atoms with Crippen molar-refractivity contribution in [2.45, 2.75) is 13.8 Å². The number of aryl methyl sites for hydroxylation is 1. The quantitative estimate of drug-likeness (QED) is 0.851. The number of ether oxygens (including phenoxy) is 2. The maximum atomic E-state index is 11.7. The molecule has 0 aliphatic rings. The molecule has 0 atom stereocenters. The third kappa shape index (κ3) is 2.73. The smallest absolute Gasteiger partial charge is 0.358 e. The molecule has 6 heteroatoms. The fraction of sp³-hybridized carbons (Fsp3) is 0.308. The summed E-state index contributed by atoms with van der Waals surface area (Å²) in [7, 11) is 1.55. The summed E-state index contributed by atoms with van der Waals surface area (Å²) < 4.78 is 9.93. The standard InChI is InChI=1S/C13H15N3O3/c1-4-19-13(17)11-8(2)15-12(16-11)9-5-6-10(18-3)14-7-9/h5-7H,4H2,1-3H3,(H,15,16). The molecule has 0 aromatic carbocycles. The Kier molecular flexibility index (Phi) is 3.79. The predicted octanol–water partition coefficient (Wildman–Crippen LogP) is 1.97. The Morgan fingerprint density at radius 1 is 1.42 bits per heavy atom. The number of H-pyrrole nitrogens is 1. The van der Waals surface area contributed by atoms with Crippen LogP contribution < -0.4 is 4.74 Å². The summed E-state index contributed by atoms with van der Waals surface area (Å²) in [5.41, 5.74) is 1.75. The first-order valence-electron chi connectivity index (χ1n) is 5.89. The van der Waals surface area contributed by atoms with Gasteiger partial charge in [0.2, 0.25) is 5.88 Å². The fourth-order valence-electron chi connectivity index (χ4n) is 1.64. The highest BCUT2D eigenvalue weighted by atomic mass is 16.5. The van der Waals surface area contributed by atoms with Crippen LogP contribution >= 0.6 is 0 Å². The Bertz CT molecular complexity index is 575. The third-order valence-electron chi connectivity index (χ3n) is 2.57. The van der Waals surface area contributed by atoms with E-state index in [-0.39, 0.29) is 0 Å². The summed E-state index contributed by atoms with van der Waals surface area (Å²) in [5, 5.41) is 0. The van der Waals surface area contributed by atoms with Crippen LogP contribution in [0, 0.1) is 6.92 Å². The molecule has 0 aliphatic heterocycles. The largest absolute Gasteiger partial charge is 0.481 e. The zero-order chi connectivity index (χ0) is 13.8. The van der Waals surface area contributed by atoms with E-state index in [1.165, 1.54) is 0 Å². The highest BCUT2D eigenvalue weighted by Crippen LogP contribution is 2.19. The van der Waals surface area contributed by atoms with Gasteiger partial charge in [-0.15, -0.1) is 0 Å². The number of esters is 1. The molecule has 0 fully saturated rings.